The Hall–Kier alpha value is -2.65. The van der Waals surface area contributed by atoms with E-state index in [1.54, 1.807) is 29.0 Å². The molecule has 0 fully saturated rings. The number of pyridine rings is 1. The third-order valence-corrected chi connectivity index (χ3v) is 5.19. The third kappa shape index (κ3) is 3.43. The maximum Gasteiger partial charge on any atom is 0.417 e. The van der Waals surface area contributed by atoms with Crippen molar-refractivity contribution in [2.24, 2.45) is 0 Å². The molecule has 3 aromatic heterocycles. The first kappa shape index (κ1) is 18.7. The van der Waals surface area contributed by atoms with Crippen molar-refractivity contribution >= 4 is 34.1 Å². The molecule has 5 nitrogen and oxygen atoms in total. The Bertz CT molecular complexity index is 1160. The van der Waals surface area contributed by atoms with Crippen LogP contribution < -0.4 is 4.74 Å². The van der Waals surface area contributed by atoms with Crippen molar-refractivity contribution in [2.75, 3.05) is 7.11 Å². The van der Waals surface area contributed by atoms with Crippen LogP contribution in [0.25, 0.3) is 22.6 Å². The fourth-order valence-corrected chi connectivity index (χ4v) is 3.86. The summed E-state index contributed by atoms with van der Waals surface area (Å²) in [6.45, 7) is 0.225. The van der Waals surface area contributed by atoms with Gasteiger partial charge < -0.3 is 9.30 Å². The highest BCUT2D eigenvalue weighted by Gasteiger charge is 2.34. The highest BCUT2D eigenvalue weighted by atomic mass is 35.5. The number of methoxy groups -OCH3 is 1. The molecule has 1 aromatic carbocycles. The molecule has 0 aliphatic carbocycles. The molecule has 0 saturated carbocycles. The van der Waals surface area contributed by atoms with Crippen molar-refractivity contribution in [3.8, 4) is 17.3 Å². The van der Waals surface area contributed by atoms with Gasteiger partial charge >= 0.3 is 6.18 Å². The molecule has 0 spiro atoms. The van der Waals surface area contributed by atoms with E-state index in [1.807, 2.05) is 0 Å². The van der Waals surface area contributed by atoms with Crippen LogP contribution in [0, 0.1) is 0 Å². The normalized spacial score (nSPS) is 11.9. The molecular weight excluding hydrogens is 413 g/mol. The third-order valence-electron chi connectivity index (χ3n) is 4.09. The second kappa shape index (κ2) is 7.06. The largest absolute Gasteiger partial charge is 0.481 e. The van der Waals surface area contributed by atoms with E-state index in [2.05, 4.69) is 15.0 Å². The Labute approximate surface area is 166 Å². The molecule has 0 N–H and O–H groups in total. The summed E-state index contributed by atoms with van der Waals surface area (Å²) in [5.74, 6) is 0.500. The predicted molar refractivity (Wildman–Crippen MR) is 101 cm³/mol. The van der Waals surface area contributed by atoms with Crippen molar-refractivity contribution in [3.63, 3.8) is 0 Å². The zero-order chi connectivity index (χ0) is 19.9. The van der Waals surface area contributed by atoms with Crippen molar-refractivity contribution in [1.29, 1.82) is 0 Å². The van der Waals surface area contributed by atoms with Crippen molar-refractivity contribution in [2.45, 2.75) is 12.7 Å². The monoisotopic (exact) mass is 424 g/mol. The fourth-order valence-electron chi connectivity index (χ4n) is 2.89. The number of benzene rings is 1. The molecule has 0 aliphatic rings. The van der Waals surface area contributed by atoms with Gasteiger partial charge in [0.25, 0.3) is 0 Å². The number of thiazole rings is 1. The molecule has 4 rings (SSSR count). The zero-order valence-corrected chi connectivity index (χ0v) is 15.9. The standard InChI is InChI=1S/C18H12ClF3N4OS/c1-27-14-7-6-13-16(25-14)26(9-10-8-23-17(19)28-10)15(24-13)11-4-2-3-5-12(11)18(20,21)22/h2-8H,9H2,1H3. The smallest absolute Gasteiger partial charge is 0.417 e. The van der Waals surface area contributed by atoms with Gasteiger partial charge in [-0.15, -0.1) is 11.3 Å². The number of halogens is 4. The SMILES string of the molecule is COc1ccc2nc(-c3ccccc3C(F)(F)F)n(Cc3cnc(Cl)s3)c2n1. The number of hydrogen-bond acceptors (Lipinski definition) is 5. The molecule has 3 heterocycles. The molecule has 0 unspecified atom stereocenters. The van der Waals surface area contributed by atoms with E-state index in [0.717, 1.165) is 10.9 Å². The molecule has 10 heteroatoms. The molecule has 0 atom stereocenters. The van der Waals surface area contributed by atoms with E-state index >= 15 is 0 Å². The van der Waals surface area contributed by atoms with E-state index in [0.29, 0.717) is 21.5 Å². The van der Waals surface area contributed by atoms with Gasteiger partial charge in [-0.25, -0.2) is 9.97 Å². The number of alkyl halides is 3. The number of fused-ring (bicyclic) bond motifs is 1. The van der Waals surface area contributed by atoms with Crippen molar-refractivity contribution in [1.82, 2.24) is 19.5 Å². The Morgan fingerprint density at radius 3 is 2.61 bits per heavy atom. The van der Waals surface area contributed by atoms with Crippen LogP contribution in [0.15, 0.2) is 42.6 Å². The van der Waals surface area contributed by atoms with Gasteiger partial charge in [0.1, 0.15) is 11.3 Å². The second-order valence-corrected chi connectivity index (χ2v) is 7.54. The van der Waals surface area contributed by atoms with Crippen LogP contribution in [-0.2, 0) is 12.7 Å². The van der Waals surface area contributed by atoms with E-state index in [4.69, 9.17) is 16.3 Å². The summed E-state index contributed by atoms with van der Waals surface area (Å²) in [6.07, 6.45) is -2.93. The summed E-state index contributed by atoms with van der Waals surface area (Å²) < 4.78 is 47.8. The van der Waals surface area contributed by atoms with Crippen LogP contribution in [0.2, 0.25) is 4.47 Å². The van der Waals surface area contributed by atoms with Crippen LogP contribution in [0.3, 0.4) is 0 Å². The fraction of sp³-hybridized carbons (Fsp3) is 0.167. The summed E-state index contributed by atoms with van der Waals surface area (Å²) in [6, 6.07) is 8.61. The Morgan fingerprint density at radius 2 is 1.93 bits per heavy atom. The van der Waals surface area contributed by atoms with Crippen LogP contribution in [-0.4, -0.2) is 26.6 Å². The van der Waals surface area contributed by atoms with Crippen LogP contribution >= 0.6 is 22.9 Å². The lowest BCUT2D eigenvalue weighted by molar-refractivity contribution is -0.137. The van der Waals surface area contributed by atoms with E-state index in [1.165, 1.54) is 30.6 Å². The van der Waals surface area contributed by atoms with Crippen LogP contribution in [0.5, 0.6) is 5.88 Å². The first-order valence-corrected chi connectivity index (χ1v) is 9.24. The zero-order valence-electron chi connectivity index (χ0n) is 14.4. The lowest BCUT2D eigenvalue weighted by Gasteiger charge is -2.14. The van der Waals surface area contributed by atoms with Gasteiger partial charge in [-0.1, -0.05) is 29.8 Å². The van der Waals surface area contributed by atoms with Gasteiger partial charge in [-0.2, -0.15) is 18.2 Å². The predicted octanol–water partition coefficient (Wildman–Crippen LogP) is 5.28. The summed E-state index contributed by atoms with van der Waals surface area (Å²) in [5.41, 5.74) is 0.0858. The minimum absolute atomic E-state index is 0.0254. The number of aromatic nitrogens is 4. The molecule has 0 amide bonds. The van der Waals surface area contributed by atoms with Gasteiger partial charge in [0.05, 0.1) is 19.2 Å². The summed E-state index contributed by atoms with van der Waals surface area (Å²) in [7, 11) is 1.47. The van der Waals surface area contributed by atoms with Crippen molar-refractivity contribution < 1.29 is 17.9 Å². The summed E-state index contributed by atoms with van der Waals surface area (Å²) in [4.78, 5) is 13.6. The molecule has 4 aromatic rings. The molecule has 144 valence electrons. The molecule has 28 heavy (non-hydrogen) atoms. The quantitative estimate of drug-likeness (QED) is 0.447. The van der Waals surface area contributed by atoms with Gasteiger partial charge in [0.2, 0.25) is 5.88 Å². The van der Waals surface area contributed by atoms with Gasteiger partial charge in [-0.3, -0.25) is 0 Å². The second-order valence-electron chi connectivity index (χ2n) is 5.84. The number of nitrogens with zero attached hydrogens (tertiary/aromatic N) is 4. The molecule has 0 saturated heterocycles. The summed E-state index contributed by atoms with van der Waals surface area (Å²) in [5, 5.41) is 0. The molecule has 0 radical (unpaired) electrons. The van der Waals surface area contributed by atoms with E-state index in [9.17, 15) is 13.2 Å². The minimum atomic E-state index is -4.52. The van der Waals surface area contributed by atoms with Crippen LogP contribution in [0.4, 0.5) is 13.2 Å². The van der Waals surface area contributed by atoms with Gasteiger partial charge in [0.15, 0.2) is 10.1 Å². The highest BCUT2D eigenvalue weighted by molar-refractivity contribution is 7.15. The van der Waals surface area contributed by atoms with Gasteiger partial charge in [-0.05, 0) is 12.1 Å². The van der Waals surface area contributed by atoms with E-state index < -0.39 is 11.7 Å². The summed E-state index contributed by atoms with van der Waals surface area (Å²) >= 11 is 7.15. The average molecular weight is 425 g/mol. The lowest BCUT2D eigenvalue weighted by Crippen LogP contribution is -2.10. The number of imidazole rings is 1. The first-order valence-electron chi connectivity index (χ1n) is 8.05. The number of hydrogen-bond donors (Lipinski definition) is 0. The Balaban J connectivity index is 1.97. The van der Waals surface area contributed by atoms with Gasteiger partial charge in [0, 0.05) is 22.7 Å². The maximum absolute atomic E-state index is 13.6. The average Bonchev–Trinajstić information content (AvgIpc) is 3.24. The highest BCUT2D eigenvalue weighted by Crippen LogP contribution is 2.38. The molecule has 0 bridgehead atoms. The van der Waals surface area contributed by atoms with Crippen molar-refractivity contribution in [3.05, 3.63) is 57.5 Å². The first-order chi connectivity index (χ1) is 13.4. The van der Waals surface area contributed by atoms with E-state index in [-0.39, 0.29) is 17.9 Å². The maximum atomic E-state index is 13.6. The van der Waals surface area contributed by atoms with Crippen LogP contribution in [0.1, 0.15) is 10.4 Å². The minimum Gasteiger partial charge on any atom is -0.481 e. The topological polar surface area (TPSA) is 52.8 Å². The number of ether oxygens (including phenoxy) is 1. The molecular formula is C18H12ClF3N4OS. The number of rotatable bonds is 4. The Morgan fingerprint density at radius 1 is 1.14 bits per heavy atom. The molecule has 0 aliphatic heterocycles. The lowest BCUT2D eigenvalue weighted by atomic mass is 10.1. The Kier molecular flexibility index (Phi) is 4.72.